The molecule has 0 aromatic heterocycles. The van der Waals surface area contributed by atoms with Gasteiger partial charge in [0.25, 0.3) is 0 Å². The van der Waals surface area contributed by atoms with Crippen molar-refractivity contribution in [2.24, 2.45) is 5.11 Å². The fourth-order valence-electron chi connectivity index (χ4n) is 2.96. The molecule has 0 heterocycles. The predicted octanol–water partition coefficient (Wildman–Crippen LogP) is 6.82. The highest BCUT2D eigenvalue weighted by Crippen LogP contribution is 2.28. The van der Waals surface area contributed by atoms with Crippen LogP contribution in [0.4, 0.5) is 21.0 Å². The number of amides is 2. The monoisotopic (exact) mass is 453 g/mol. The molecule has 9 nitrogen and oxygen atoms in total. The van der Waals surface area contributed by atoms with E-state index in [9.17, 15) is 9.59 Å². The Morgan fingerprint density at radius 3 is 1.48 bits per heavy atom. The number of anilines is 2. The number of azide groups is 1. The van der Waals surface area contributed by atoms with Crippen LogP contribution in [0.5, 0.6) is 0 Å². The maximum atomic E-state index is 12.0. The van der Waals surface area contributed by atoms with E-state index in [2.05, 4.69) is 20.7 Å². The maximum absolute atomic E-state index is 12.0. The van der Waals surface area contributed by atoms with Crippen molar-refractivity contribution in [1.82, 2.24) is 0 Å². The third-order valence-corrected chi connectivity index (χ3v) is 4.24. The number of nitrogens with zero attached hydrogens (tertiary/aromatic N) is 3. The molecule has 2 amide bonds. The Hall–Kier alpha value is -3.71. The van der Waals surface area contributed by atoms with E-state index < -0.39 is 23.4 Å². The second-order valence-corrected chi connectivity index (χ2v) is 9.46. The molecular weight excluding hydrogens is 422 g/mol. The van der Waals surface area contributed by atoms with E-state index in [1.165, 1.54) is 0 Å². The van der Waals surface area contributed by atoms with Crippen LogP contribution in [0.25, 0.3) is 10.4 Å². The van der Waals surface area contributed by atoms with Gasteiger partial charge in [-0.2, -0.15) is 0 Å². The third-order valence-electron chi connectivity index (χ3n) is 4.24. The summed E-state index contributed by atoms with van der Waals surface area (Å²) in [6.45, 7) is 11.0. The van der Waals surface area contributed by atoms with Gasteiger partial charge in [0.1, 0.15) is 11.2 Å². The van der Waals surface area contributed by atoms with Gasteiger partial charge in [-0.25, -0.2) is 9.59 Å². The van der Waals surface area contributed by atoms with E-state index in [0.717, 1.165) is 11.1 Å². The van der Waals surface area contributed by atoms with Gasteiger partial charge in [0.05, 0.1) is 0 Å². The second kappa shape index (κ2) is 10.7. The molecule has 0 unspecified atom stereocenters. The topological polar surface area (TPSA) is 125 Å². The fraction of sp³-hybridized carbons (Fsp3) is 0.417. The van der Waals surface area contributed by atoms with Crippen LogP contribution in [-0.2, 0) is 9.47 Å². The van der Waals surface area contributed by atoms with Crippen LogP contribution in [0.1, 0.15) is 58.6 Å². The third kappa shape index (κ3) is 9.13. The van der Waals surface area contributed by atoms with Crippen LogP contribution < -0.4 is 10.6 Å². The summed E-state index contributed by atoms with van der Waals surface area (Å²) in [7, 11) is 0. The highest BCUT2D eigenvalue weighted by molar-refractivity contribution is 5.85. The Morgan fingerprint density at radius 1 is 0.818 bits per heavy atom. The molecule has 176 valence electrons. The van der Waals surface area contributed by atoms with Crippen molar-refractivity contribution in [2.45, 2.75) is 58.7 Å². The van der Waals surface area contributed by atoms with Crippen molar-refractivity contribution in [1.29, 1.82) is 0 Å². The molecule has 2 aromatic rings. The smallest absolute Gasteiger partial charge is 0.412 e. The lowest BCUT2D eigenvalue weighted by molar-refractivity contribution is 0.0624. The summed E-state index contributed by atoms with van der Waals surface area (Å²) in [5, 5.41) is 9.14. The van der Waals surface area contributed by atoms with Crippen LogP contribution in [0.2, 0.25) is 0 Å². The molecule has 0 spiro atoms. The number of nitrogens with one attached hydrogen (secondary N) is 2. The minimum Gasteiger partial charge on any atom is -0.444 e. The van der Waals surface area contributed by atoms with Gasteiger partial charge >= 0.3 is 12.2 Å². The van der Waals surface area contributed by atoms with E-state index in [0.29, 0.717) is 11.4 Å². The van der Waals surface area contributed by atoms with Gasteiger partial charge in [0, 0.05) is 28.7 Å². The van der Waals surface area contributed by atoms with Crippen molar-refractivity contribution >= 4 is 23.6 Å². The zero-order valence-corrected chi connectivity index (χ0v) is 19.9. The predicted molar refractivity (Wildman–Crippen MR) is 128 cm³/mol. The minimum atomic E-state index is -0.588. The molecule has 0 saturated carbocycles. The summed E-state index contributed by atoms with van der Waals surface area (Å²) in [5.41, 5.74) is 10.6. The van der Waals surface area contributed by atoms with Gasteiger partial charge in [-0.15, -0.1) is 0 Å². The molecule has 0 radical (unpaired) electrons. The van der Waals surface area contributed by atoms with Gasteiger partial charge in [0.15, 0.2) is 0 Å². The zero-order chi connectivity index (χ0) is 24.6. The molecule has 0 atom stereocenters. The van der Waals surface area contributed by atoms with Crippen molar-refractivity contribution in [3.05, 3.63) is 70.1 Å². The Kier molecular flexibility index (Phi) is 8.32. The van der Waals surface area contributed by atoms with Crippen molar-refractivity contribution in [3.8, 4) is 0 Å². The first-order valence-electron chi connectivity index (χ1n) is 10.6. The summed E-state index contributed by atoms with van der Waals surface area (Å²) in [6.07, 6.45) is -1.07. The lowest BCUT2D eigenvalue weighted by atomic mass is 9.91. The standard InChI is InChI=1S/C24H31N5O4/c1-23(2,3)32-21(30)27-18-11-7-16(8-12-18)20(15-26-29-25)17-9-13-19(14-10-17)28-22(31)33-24(4,5)6/h7-14,20H,15H2,1-6H3,(H,27,30)(H,28,31). The van der Waals surface area contributed by atoms with Crippen LogP contribution in [0.3, 0.4) is 0 Å². The summed E-state index contributed by atoms with van der Waals surface area (Å²) >= 11 is 0. The molecule has 2 aromatic carbocycles. The number of hydrogen-bond donors (Lipinski definition) is 2. The zero-order valence-electron chi connectivity index (χ0n) is 19.9. The van der Waals surface area contributed by atoms with Crippen LogP contribution >= 0.6 is 0 Å². The maximum Gasteiger partial charge on any atom is 0.412 e. The van der Waals surface area contributed by atoms with Crippen molar-refractivity contribution in [2.75, 3.05) is 17.2 Å². The van der Waals surface area contributed by atoms with Crippen LogP contribution in [-0.4, -0.2) is 29.9 Å². The Morgan fingerprint density at radius 2 is 1.18 bits per heavy atom. The van der Waals surface area contributed by atoms with Crippen molar-refractivity contribution < 1.29 is 19.1 Å². The molecule has 2 N–H and O–H groups in total. The highest BCUT2D eigenvalue weighted by Gasteiger charge is 2.18. The molecule has 0 fully saturated rings. The first-order chi connectivity index (χ1) is 15.4. The summed E-state index contributed by atoms with van der Waals surface area (Å²) in [6, 6.07) is 14.5. The summed E-state index contributed by atoms with van der Waals surface area (Å²) in [5.74, 6) is -0.202. The largest absolute Gasteiger partial charge is 0.444 e. The highest BCUT2D eigenvalue weighted by atomic mass is 16.6. The first-order valence-corrected chi connectivity index (χ1v) is 10.6. The Labute approximate surface area is 194 Å². The van der Waals surface area contributed by atoms with Gasteiger partial charge in [0.2, 0.25) is 0 Å². The lowest BCUT2D eigenvalue weighted by Crippen LogP contribution is -2.27. The lowest BCUT2D eigenvalue weighted by Gasteiger charge is -2.20. The molecule has 0 saturated heterocycles. The minimum absolute atomic E-state index is 0.202. The number of rotatable bonds is 6. The average Bonchev–Trinajstić information content (AvgIpc) is 2.67. The molecule has 0 aliphatic heterocycles. The van der Waals surface area contributed by atoms with E-state index in [1.54, 1.807) is 65.8 Å². The van der Waals surface area contributed by atoms with Gasteiger partial charge in [-0.3, -0.25) is 10.6 Å². The van der Waals surface area contributed by atoms with Gasteiger partial charge in [-0.1, -0.05) is 29.4 Å². The number of carbonyl (C=O) groups excluding carboxylic acids is 2. The van der Waals surface area contributed by atoms with E-state index >= 15 is 0 Å². The number of ether oxygens (including phenoxy) is 2. The van der Waals surface area contributed by atoms with E-state index in [4.69, 9.17) is 15.0 Å². The van der Waals surface area contributed by atoms with Crippen LogP contribution in [0.15, 0.2) is 53.6 Å². The van der Waals surface area contributed by atoms with E-state index in [-0.39, 0.29) is 12.5 Å². The number of carbonyl (C=O) groups is 2. The number of hydrogen-bond acceptors (Lipinski definition) is 5. The van der Waals surface area contributed by atoms with Crippen molar-refractivity contribution in [3.63, 3.8) is 0 Å². The molecule has 2 rings (SSSR count). The fourth-order valence-corrected chi connectivity index (χ4v) is 2.96. The molecular formula is C24H31N5O4. The normalized spacial score (nSPS) is 11.4. The molecule has 0 aliphatic carbocycles. The summed E-state index contributed by atoms with van der Waals surface area (Å²) < 4.78 is 10.5. The van der Waals surface area contributed by atoms with Crippen LogP contribution in [0, 0.1) is 0 Å². The molecule has 0 aliphatic rings. The van der Waals surface area contributed by atoms with Gasteiger partial charge < -0.3 is 9.47 Å². The Bertz CT molecular complexity index is 926. The SMILES string of the molecule is CC(C)(C)OC(=O)Nc1ccc(C(CN=[N+]=[N-])c2ccc(NC(=O)OC(C)(C)C)cc2)cc1. The molecule has 33 heavy (non-hydrogen) atoms. The average molecular weight is 454 g/mol. The Balaban J connectivity index is 2.15. The van der Waals surface area contributed by atoms with Gasteiger partial charge in [-0.05, 0) is 82.5 Å². The number of benzene rings is 2. The second-order valence-electron chi connectivity index (χ2n) is 9.46. The van der Waals surface area contributed by atoms with E-state index in [1.807, 2.05) is 24.3 Å². The molecule has 0 bridgehead atoms. The quantitative estimate of drug-likeness (QED) is 0.282. The molecule has 9 heteroatoms. The summed E-state index contributed by atoms with van der Waals surface area (Å²) in [4.78, 5) is 26.8. The first kappa shape index (κ1) is 25.5.